The number of para-hydroxylation sites is 1. The van der Waals surface area contributed by atoms with Crippen molar-refractivity contribution in [2.24, 2.45) is 0 Å². The van der Waals surface area contributed by atoms with Gasteiger partial charge in [-0.05, 0) is 48.9 Å². The molecule has 0 aliphatic rings. The number of rotatable bonds is 8. The molecule has 0 unspecified atom stereocenters. The second-order valence-electron chi connectivity index (χ2n) is 6.69. The van der Waals surface area contributed by atoms with Crippen LogP contribution in [0.1, 0.15) is 22.8 Å². The first-order chi connectivity index (χ1) is 14.6. The maximum absolute atomic E-state index is 13.0. The summed E-state index contributed by atoms with van der Waals surface area (Å²) < 4.78 is 0. The van der Waals surface area contributed by atoms with Crippen molar-refractivity contribution in [3.63, 3.8) is 0 Å². The van der Waals surface area contributed by atoms with Crippen molar-refractivity contribution < 1.29 is 9.59 Å². The summed E-state index contributed by atoms with van der Waals surface area (Å²) in [4.78, 5) is 26.8. The summed E-state index contributed by atoms with van der Waals surface area (Å²) in [7, 11) is 0. The van der Waals surface area contributed by atoms with Crippen molar-refractivity contribution in [2.45, 2.75) is 13.5 Å². The molecule has 30 heavy (non-hydrogen) atoms. The molecule has 0 aliphatic heterocycles. The van der Waals surface area contributed by atoms with Gasteiger partial charge < -0.3 is 15.5 Å². The van der Waals surface area contributed by atoms with E-state index in [4.69, 9.17) is 11.6 Å². The van der Waals surface area contributed by atoms with E-state index in [9.17, 15) is 9.59 Å². The zero-order valence-corrected chi connectivity index (χ0v) is 17.5. The third-order valence-corrected chi connectivity index (χ3v) is 4.99. The van der Waals surface area contributed by atoms with E-state index < -0.39 is 0 Å². The highest BCUT2D eigenvalue weighted by Gasteiger charge is 2.16. The van der Waals surface area contributed by atoms with Crippen LogP contribution < -0.4 is 15.5 Å². The number of benzene rings is 3. The minimum atomic E-state index is -0.161. The first kappa shape index (κ1) is 21.4. The molecule has 3 aromatic carbocycles. The molecule has 0 atom stereocenters. The quantitative estimate of drug-likeness (QED) is 0.552. The van der Waals surface area contributed by atoms with E-state index in [1.54, 1.807) is 29.2 Å². The second kappa shape index (κ2) is 10.5. The number of amides is 2. The Morgan fingerprint density at radius 3 is 2.40 bits per heavy atom. The zero-order valence-electron chi connectivity index (χ0n) is 16.8. The van der Waals surface area contributed by atoms with Crippen LogP contribution in [0.25, 0.3) is 0 Å². The standard InChI is InChI=1S/C24H24ClN3O2/c1-2-28(21-12-4-3-5-13-21)24(30)18-10-8-11-20(15-18)26-17-23(29)27-16-19-9-6-7-14-22(19)25/h3-15,26H,2,16-17H2,1H3,(H,27,29). The monoisotopic (exact) mass is 421 g/mol. The lowest BCUT2D eigenvalue weighted by Gasteiger charge is -2.21. The normalized spacial score (nSPS) is 10.3. The van der Waals surface area contributed by atoms with Crippen LogP contribution in [0.4, 0.5) is 11.4 Å². The number of carbonyl (C=O) groups is 2. The molecule has 3 rings (SSSR count). The molecular formula is C24H24ClN3O2. The first-order valence-electron chi connectivity index (χ1n) is 9.79. The molecule has 0 aliphatic carbocycles. The van der Waals surface area contributed by atoms with E-state index >= 15 is 0 Å². The Balaban J connectivity index is 1.59. The lowest BCUT2D eigenvalue weighted by Crippen LogP contribution is -2.31. The van der Waals surface area contributed by atoms with Gasteiger partial charge in [0.25, 0.3) is 5.91 Å². The minimum Gasteiger partial charge on any atom is -0.376 e. The molecule has 154 valence electrons. The highest BCUT2D eigenvalue weighted by atomic mass is 35.5. The van der Waals surface area contributed by atoms with Gasteiger partial charge in [0.15, 0.2) is 0 Å². The van der Waals surface area contributed by atoms with Crippen molar-refractivity contribution in [1.29, 1.82) is 0 Å². The molecule has 0 bridgehead atoms. The molecule has 0 spiro atoms. The number of nitrogens with one attached hydrogen (secondary N) is 2. The van der Waals surface area contributed by atoms with Gasteiger partial charge in [-0.1, -0.05) is 54.1 Å². The molecule has 3 aromatic rings. The maximum Gasteiger partial charge on any atom is 0.258 e. The Bertz CT molecular complexity index is 1010. The van der Waals surface area contributed by atoms with E-state index in [1.807, 2.05) is 61.5 Å². The van der Waals surface area contributed by atoms with Gasteiger partial charge in [-0.2, -0.15) is 0 Å². The third kappa shape index (κ3) is 5.61. The Hall–Kier alpha value is -3.31. The molecule has 0 heterocycles. The summed E-state index contributed by atoms with van der Waals surface area (Å²) in [5.74, 6) is -0.248. The van der Waals surface area contributed by atoms with Gasteiger partial charge in [0.05, 0.1) is 6.54 Å². The molecule has 0 saturated heterocycles. The van der Waals surface area contributed by atoms with Gasteiger partial charge in [-0.15, -0.1) is 0 Å². The second-order valence-corrected chi connectivity index (χ2v) is 7.09. The molecule has 5 nitrogen and oxygen atoms in total. The summed E-state index contributed by atoms with van der Waals surface area (Å²) in [5, 5.41) is 6.53. The van der Waals surface area contributed by atoms with E-state index in [0.717, 1.165) is 11.3 Å². The van der Waals surface area contributed by atoms with E-state index in [1.165, 1.54) is 0 Å². The fourth-order valence-electron chi connectivity index (χ4n) is 3.05. The van der Waals surface area contributed by atoms with Gasteiger partial charge in [-0.25, -0.2) is 0 Å². The number of nitrogens with zero attached hydrogens (tertiary/aromatic N) is 1. The van der Waals surface area contributed by atoms with Crippen molar-refractivity contribution in [1.82, 2.24) is 5.32 Å². The van der Waals surface area contributed by atoms with Crippen LogP contribution in [-0.2, 0) is 11.3 Å². The number of carbonyl (C=O) groups excluding carboxylic acids is 2. The molecular weight excluding hydrogens is 398 g/mol. The van der Waals surface area contributed by atoms with Crippen molar-refractivity contribution >= 4 is 34.8 Å². The summed E-state index contributed by atoms with van der Waals surface area (Å²) in [6, 6.07) is 24.1. The average Bonchev–Trinajstić information content (AvgIpc) is 2.78. The van der Waals surface area contributed by atoms with E-state index in [-0.39, 0.29) is 18.4 Å². The SMILES string of the molecule is CCN(C(=O)c1cccc(NCC(=O)NCc2ccccc2Cl)c1)c1ccccc1. The third-order valence-electron chi connectivity index (χ3n) is 4.63. The molecule has 2 amide bonds. The number of hydrogen-bond acceptors (Lipinski definition) is 3. The van der Waals surface area contributed by atoms with Crippen molar-refractivity contribution in [2.75, 3.05) is 23.3 Å². The Labute approximate surface area is 181 Å². The van der Waals surface area contributed by atoms with Gasteiger partial charge in [0.1, 0.15) is 0 Å². The summed E-state index contributed by atoms with van der Waals surface area (Å²) in [5.41, 5.74) is 2.98. The van der Waals surface area contributed by atoms with Gasteiger partial charge in [-0.3, -0.25) is 9.59 Å². The topological polar surface area (TPSA) is 61.4 Å². The molecule has 6 heteroatoms. The van der Waals surface area contributed by atoms with Crippen LogP contribution in [0.15, 0.2) is 78.9 Å². The molecule has 0 aromatic heterocycles. The fraction of sp³-hybridized carbons (Fsp3) is 0.167. The highest BCUT2D eigenvalue weighted by molar-refractivity contribution is 6.31. The van der Waals surface area contributed by atoms with Crippen LogP contribution in [0, 0.1) is 0 Å². The largest absolute Gasteiger partial charge is 0.376 e. The van der Waals surface area contributed by atoms with Crippen molar-refractivity contribution in [3.8, 4) is 0 Å². The van der Waals surface area contributed by atoms with Crippen LogP contribution in [0.2, 0.25) is 5.02 Å². The first-order valence-corrected chi connectivity index (χ1v) is 10.2. The Morgan fingerprint density at radius 2 is 1.67 bits per heavy atom. The smallest absolute Gasteiger partial charge is 0.258 e. The summed E-state index contributed by atoms with van der Waals surface area (Å²) in [6.07, 6.45) is 0. The molecule has 0 fully saturated rings. The van der Waals surface area contributed by atoms with Crippen molar-refractivity contribution in [3.05, 3.63) is 95.0 Å². The zero-order chi connectivity index (χ0) is 21.3. The van der Waals surface area contributed by atoms with Gasteiger partial charge >= 0.3 is 0 Å². The van der Waals surface area contributed by atoms with Gasteiger partial charge in [0.2, 0.25) is 5.91 Å². The van der Waals surface area contributed by atoms with E-state index in [0.29, 0.717) is 29.4 Å². The highest BCUT2D eigenvalue weighted by Crippen LogP contribution is 2.19. The average molecular weight is 422 g/mol. The van der Waals surface area contributed by atoms with Crippen LogP contribution in [0.5, 0.6) is 0 Å². The fourth-order valence-corrected chi connectivity index (χ4v) is 3.25. The predicted molar refractivity (Wildman–Crippen MR) is 122 cm³/mol. The van der Waals surface area contributed by atoms with Crippen LogP contribution in [0.3, 0.4) is 0 Å². The van der Waals surface area contributed by atoms with Gasteiger partial charge in [0, 0.05) is 35.1 Å². The lowest BCUT2D eigenvalue weighted by atomic mass is 10.1. The van der Waals surface area contributed by atoms with E-state index in [2.05, 4.69) is 10.6 Å². The van der Waals surface area contributed by atoms with Crippen LogP contribution >= 0.6 is 11.6 Å². The molecule has 2 N–H and O–H groups in total. The maximum atomic E-state index is 13.0. The minimum absolute atomic E-state index is 0.0875. The predicted octanol–water partition coefficient (Wildman–Crippen LogP) is 4.74. The summed E-state index contributed by atoms with van der Waals surface area (Å²) >= 11 is 6.11. The number of halogens is 1. The molecule has 0 saturated carbocycles. The van der Waals surface area contributed by atoms with Crippen LogP contribution in [-0.4, -0.2) is 24.9 Å². The number of anilines is 2. The molecule has 0 radical (unpaired) electrons. The lowest BCUT2D eigenvalue weighted by molar-refractivity contribution is -0.119. The Kier molecular flexibility index (Phi) is 7.46. The number of hydrogen-bond donors (Lipinski definition) is 2. The Morgan fingerprint density at radius 1 is 0.933 bits per heavy atom. The summed E-state index contributed by atoms with van der Waals surface area (Å²) in [6.45, 7) is 2.96.